The van der Waals surface area contributed by atoms with Crippen LogP contribution in [-0.4, -0.2) is 25.1 Å². The van der Waals surface area contributed by atoms with Gasteiger partial charge in [-0.25, -0.2) is 0 Å². The molecule has 0 saturated heterocycles. The van der Waals surface area contributed by atoms with Gasteiger partial charge in [-0.3, -0.25) is 9.78 Å². The number of anilines is 3. The van der Waals surface area contributed by atoms with E-state index in [0.717, 1.165) is 39.3 Å². The molecular formula is C26H25N3O4. The lowest BCUT2D eigenvalue weighted by molar-refractivity contribution is -0.114. The van der Waals surface area contributed by atoms with Crippen LogP contribution < -0.4 is 24.8 Å². The summed E-state index contributed by atoms with van der Waals surface area (Å²) in [7, 11) is 3.22. The second kappa shape index (κ2) is 9.91. The van der Waals surface area contributed by atoms with Gasteiger partial charge in [0, 0.05) is 41.6 Å². The zero-order chi connectivity index (χ0) is 23.2. The maximum Gasteiger partial charge on any atom is 0.221 e. The normalized spacial score (nSPS) is 10.5. The van der Waals surface area contributed by atoms with Crippen LogP contribution in [0.25, 0.3) is 10.9 Å². The zero-order valence-electron chi connectivity index (χ0n) is 18.7. The maximum atomic E-state index is 11.1. The number of carbonyl (C=O) groups is 1. The van der Waals surface area contributed by atoms with Crippen LogP contribution in [-0.2, 0) is 11.4 Å². The van der Waals surface area contributed by atoms with Gasteiger partial charge in [-0.05, 0) is 54.1 Å². The van der Waals surface area contributed by atoms with Gasteiger partial charge in [-0.1, -0.05) is 12.1 Å². The predicted molar refractivity (Wildman–Crippen MR) is 130 cm³/mol. The quantitative estimate of drug-likeness (QED) is 0.372. The number of benzene rings is 3. The number of fused-ring (bicyclic) bond motifs is 1. The number of aromatic nitrogens is 1. The lowest BCUT2D eigenvalue weighted by atomic mass is 10.1. The Balaban J connectivity index is 1.43. The minimum atomic E-state index is -0.0914. The number of ether oxygens (including phenoxy) is 3. The van der Waals surface area contributed by atoms with Gasteiger partial charge < -0.3 is 24.8 Å². The molecule has 0 unspecified atom stereocenters. The van der Waals surface area contributed by atoms with Crippen molar-refractivity contribution in [3.8, 4) is 17.2 Å². The molecule has 33 heavy (non-hydrogen) atoms. The van der Waals surface area contributed by atoms with E-state index in [1.54, 1.807) is 20.4 Å². The summed E-state index contributed by atoms with van der Waals surface area (Å²) < 4.78 is 16.7. The Bertz CT molecular complexity index is 1260. The highest BCUT2D eigenvalue weighted by atomic mass is 16.5. The zero-order valence-corrected chi connectivity index (χ0v) is 18.7. The third-order valence-electron chi connectivity index (χ3n) is 5.06. The summed E-state index contributed by atoms with van der Waals surface area (Å²) in [6, 6.07) is 21.0. The second-order valence-electron chi connectivity index (χ2n) is 7.40. The Morgan fingerprint density at radius 3 is 2.21 bits per heavy atom. The van der Waals surface area contributed by atoms with E-state index < -0.39 is 0 Å². The molecule has 3 aromatic carbocycles. The molecule has 1 heterocycles. The summed E-state index contributed by atoms with van der Waals surface area (Å²) in [6.07, 6.45) is 1.76. The molecule has 0 spiro atoms. The average Bonchev–Trinajstić information content (AvgIpc) is 2.83. The van der Waals surface area contributed by atoms with Crippen molar-refractivity contribution >= 4 is 33.9 Å². The molecule has 0 atom stereocenters. The molecule has 168 valence electrons. The van der Waals surface area contributed by atoms with Crippen LogP contribution in [0.3, 0.4) is 0 Å². The van der Waals surface area contributed by atoms with Crippen LogP contribution >= 0.6 is 0 Å². The van der Waals surface area contributed by atoms with Gasteiger partial charge in [0.1, 0.15) is 12.4 Å². The molecule has 1 aromatic heterocycles. The fourth-order valence-corrected chi connectivity index (χ4v) is 3.43. The molecule has 0 fully saturated rings. The minimum absolute atomic E-state index is 0.0914. The van der Waals surface area contributed by atoms with Crippen LogP contribution in [0, 0.1) is 0 Å². The van der Waals surface area contributed by atoms with Crippen molar-refractivity contribution in [2.24, 2.45) is 0 Å². The van der Waals surface area contributed by atoms with E-state index in [1.807, 2.05) is 66.7 Å². The predicted octanol–water partition coefficient (Wildman–Crippen LogP) is 5.53. The fraction of sp³-hybridized carbons (Fsp3) is 0.154. The van der Waals surface area contributed by atoms with Crippen molar-refractivity contribution in [3.05, 3.63) is 78.5 Å². The van der Waals surface area contributed by atoms with Crippen molar-refractivity contribution in [2.75, 3.05) is 24.9 Å². The van der Waals surface area contributed by atoms with Gasteiger partial charge in [0.2, 0.25) is 5.91 Å². The van der Waals surface area contributed by atoms with Crippen molar-refractivity contribution in [1.29, 1.82) is 0 Å². The summed E-state index contributed by atoms with van der Waals surface area (Å²) >= 11 is 0. The van der Waals surface area contributed by atoms with Crippen molar-refractivity contribution in [3.63, 3.8) is 0 Å². The Morgan fingerprint density at radius 1 is 0.879 bits per heavy atom. The van der Waals surface area contributed by atoms with E-state index >= 15 is 0 Å². The van der Waals surface area contributed by atoms with Gasteiger partial charge >= 0.3 is 0 Å². The number of hydrogen-bond acceptors (Lipinski definition) is 6. The summed E-state index contributed by atoms with van der Waals surface area (Å²) in [5.41, 5.74) is 4.42. The molecule has 7 heteroatoms. The van der Waals surface area contributed by atoms with Crippen LogP contribution in [0.15, 0.2) is 72.9 Å². The first-order chi connectivity index (χ1) is 16.1. The Kier molecular flexibility index (Phi) is 6.59. The van der Waals surface area contributed by atoms with E-state index in [9.17, 15) is 4.79 Å². The molecule has 0 aliphatic rings. The van der Waals surface area contributed by atoms with Crippen molar-refractivity contribution in [2.45, 2.75) is 13.5 Å². The van der Waals surface area contributed by atoms with Gasteiger partial charge in [0.25, 0.3) is 0 Å². The first kappa shape index (κ1) is 22.0. The number of amides is 1. The van der Waals surface area contributed by atoms with Gasteiger partial charge in [-0.2, -0.15) is 0 Å². The molecule has 0 radical (unpaired) electrons. The molecule has 4 rings (SSSR count). The third-order valence-corrected chi connectivity index (χ3v) is 5.06. The van der Waals surface area contributed by atoms with Gasteiger partial charge in [-0.15, -0.1) is 0 Å². The molecular weight excluding hydrogens is 418 g/mol. The first-order valence-electron chi connectivity index (χ1n) is 10.4. The van der Waals surface area contributed by atoms with Crippen molar-refractivity contribution < 1.29 is 19.0 Å². The van der Waals surface area contributed by atoms with Crippen LogP contribution in [0.2, 0.25) is 0 Å². The number of nitrogens with zero attached hydrogens (tertiary/aromatic N) is 1. The first-order valence-corrected chi connectivity index (χ1v) is 10.4. The Morgan fingerprint density at radius 2 is 1.55 bits per heavy atom. The second-order valence-corrected chi connectivity index (χ2v) is 7.40. The summed E-state index contributed by atoms with van der Waals surface area (Å²) in [4.78, 5) is 15.6. The van der Waals surface area contributed by atoms with E-state index in [4.69, 9.17) is 14.2 Å². The van der Waals surface area contributed by atoms with Crippen molar-refractivity contribution in [1.82, 2.24) is 4.98 Å². The van der Waals surface area contributed by atoms with E-state index in [-0.39, 0.29) is 5.91 Å². The number of hydrogen-bond donors (Lipinski definition) is 2. The molecule has 0 bridgehead atoms. The SMILES string of the molecule is COc1cc2nccc(Nc3ccc(OCc4ccc(NC(C)=O)cc4)cc3)c2cc1OC. The number of nitrogens with one attached hydrogen (secondary N) is 2. The molecule has 0 aliphatic heterocycles. The highest BCUT2D eigenvalue weighted by molar-refractivity contribution is 5.95. The molecule has 0 saturated carbocycles. The van der Waals surface area contributed by atoms with Gasteiger partial charge in [0.15, 0.2) is 11.5 Å². The lowest BCUT2D eigenvalue weighted by Crippen LogP contribution is -2.05. The fourth-order valence-electron chi connectivity index (χ4n) is 3.43. The van der Waals surface area contributed by atoms with Crippen LogP contribution in [0.4, 0.5) is 17.1 Å². The van der Waals surface area contributed by atoms with Crippen LogP contribution in [0.5, 0.6) is 17.2 Å². The number of rotatable bonds is 8. The van der Waals surface area contributed by atoms with E-state index in [0.29, 0.717) is 18.1 Å². The summed E-state index contributed by atoms with van der Waals surface area (Å²) in [5, 5.41) is 7.11. The van der Waals surface area contributed by atoms with Gasteiger partial charge in [0.05, 0.1) is 19.7 Å². The molecule has 1 amide bonds. The highest BCUT2D eigenvalue weighted by Gasteiger charge is 2.10. The number of carbonyl (C=O) groups excluding carboxylic acids is 1. The maximum absolute atomic E-state index is 11.1. The molecule has 2 N–H and O–H groups in total. The topological polar surface area (TPSA) is 81.7 Å². The van der Waals surface area contributed by atoms with E-state index in [1.165, 1.54) is 6.92 Å². The summed E-state index contributed by atoms with van der Waals surface area (Å²) in [6.45, 7) is 1.92. The smallest absolute Gasteiger partial charge is 0.221 e. The number of methoxy groups -OCH3 is 2. The highest BCUT2D eigenvalue weighted by Crippen LogP contribution is 2.35. The largest absolute Gasteiger partial charge is 0.493 e. The standard InChI is InChI=1S/C26H25N3O4/c1-17(30)28-19-6-4-18(5-7-19)16-33-21-10-8-20(9-11-21)29-23-12-13-27-24-15-26(32-3)25(31-2)14-22(23)24/h4-15H,16H2,1-3H3,(H,27,29)(H,28,30). The third kappa shape index (κ3) is 5.33. The summed E-state index contributed by atoms with van der Waals surface area (Å²) in [5.74, 6) is 1.96. The Hall–Kier alpha value is -4.26. The molecule has 7 nitrogen and oxygen atoms in total. The minimum Gasteiger partial charge on any atom is -0.493 e. The lowest BCUT2D eigenvalue weighted by Gasteiger charge is -2.13. The monoisotopic (exact) mass is 443 g/mol. The average molecular weight is 444 g/mol. The number of pyridine rings is 1. The molecule has 4 aromatic rings. The Labute approximate surface area is 192 Å². The van der Waals surface area contributed by atoms with E-state index in [2.05, 4.69) is 15.6 Å². The molecule has 0 aliphatic carbocycles. The van der Waals surface area contributed by atoms with Crippen LogP contribution in [0.1, 0.15) is 12.5 Å².